The highest BCUT2D eigenvalue weighted by atomic mass is 32.2. The molecule has 0 spiro atoms. The van der Waals surface area contributed by atoms with E-state index < -0.39 is 22.1 Å². The van der Waals surface area contributed by atoms with Gasteiger partial charge in [0.05, 0.1) is 10.5 Å². The van der Waals surface area contributed by atoms with Gasteiger partial charge in [0.1, 0.15) is 0 Å². The number of hydrogen-bond acceptors (Lipinski definition) is 5. The largest absolute Gasteiger partial charge is 0.445 e. The van der Waals surface area contributed by atoms with Crippen molar-refractivity contribution in [2.45, 2.75) is 50.5 Å². The molecule has 188 valence electrons. The second-order valence-electron chi connectivity index (χ2n) is 9.27. The molecule has 6 nitrogen and oxygen atoms in total. The van der Waals surface area contributed by atoms with Crippen LogP contribution in [0.25, 0.3) is 0 Å². The van der Waals surface area contributed by atoms with Crippen molar-refractivity contribution in [3.63, 3.8) is 0 Å². The zero-order valence-electron chi connectivity index (χ0n) is 20.6. The smallest absolute Gasteiger partial charge is 0.339 e. The quantitative estimate of drug-likeness (QED) is 0.306. The number of carbonyl (C=O) groups excluding carboxylic acids is 2. The number of hydrogen-bond donors (Lipinski definition) is 0. The summed E-state index contributed by atoms with van der Waals surface area (Å²) in [5, 5.41) is 0. The van der Waals surface area contributed by atoms with E-state index in [2.05, 4.69) is 0 Å². The minimum absolute atomic E-state index is 0.145. The number of carbonyl (C=O) groups is 2. The normalized spacial score (nSPS) is 15.6. The molecule has 3 aromatic rings. The molecule has 0 amide bonds. The Labute approximate surface area is 213 Å². The summed E-state index contributed by atoms with van der Waals surface area (Å²) in [7, 11) is -3.62. The SMILES string of the molecule is Cc1ccc(C(=O)C(OC(=O)c2ccc(S(=O)(=O)N3CCCCCC3)cc2)c2ccc(C)cc2)cc1. The van der Waals surface area contributed by atoms with Crippen molar-refractivity contribution >= 4 is 21.8 Å². The molecular formula is C29H31NO5S. The number of aryl methyl sites for hydroxylation is 2. The molecule has 1 saturated heterocycles. The first-order valence-corrected chi connectivity index (χ1v) is 13.7. The first-order chi connectivity index (χ1) is 17.3. The van der Waals surface area contributed by atoms with Crippen LogP contribution in [0.15, 0.2) is 77.7 Å². The summed E-state index contributed by atoms with van der Waals surface area (Å²) in [5.74, 6) is -1.02. The number of ketones is 1. The molecule has 1 unspecified atom stereocenters. The molecule has 1 heterocycles. The van der Waals surface area contributed by atoms with Crippen LogP contribution in [-0.2, 0) is 14.8 Å². The molecule has 1 aliphatic heterocycles. The third-order valence-corrected chi connectivity index (χ3v) is 8.38. The van der Waals surface area contributed by atoms with Crippen LogP contribution in [0.3, 0.4) is 0 Å². The predicted molar refractivity (Wildman–Crippen MR) is 139 cm³/mol. The van der Waals surface area contributed by atoms with E-state index in [1.54, 1.807) is 24.3 Å². The number of benzene rings is 3. The number of Topliss-reactive ketones (excluding diaryl/α,β-unsaturated/α-hetero) is 1. The molecule has 1 atom stereocenters. The summed E-state index contributed by atoms with van der Waals surface area (Å²) in [4.78, 5) is 26.5. The third-order valence-electron chi connectivity index (χ3n) is 6.47. The minimum Gasteiger partial charge on any atom is -0.445 e. The van der Waals surface area contributed by atoms with Gasteiger partial charge in [0.15, 0.2) is 6.10 Å². The average Bonchev–Trinajstić information content (AvgIpc) is 3.18. The molecule has 1 aliphatic rings. The van der Waals surface area contributed by atoms with E-state index in [4.69, 9.17) is 4.74 Å². The number of rotatable bonds is 7. The Hall–Kier alpha value is -3.29. The zero-order valence-corrected chi connectivity index (χ0v) is 21.5. The Morgan fingerprint density at radius 1 is 0.722 bits per heavy atom. The van der Waals surface area contributed by atoms with Gasteiger partial charge in [-0.2, -0.15) is 4.31 Å². The van der Waals surface area contributed by atoms with Crippen LogP contribution in [0.5, 0.6) is 0 Å². The van der Waals surface area contributed by atoms with Gasteiger partial charge in [-0.3, -0.25) is 4.79 Å². The van der Waals surface area contributed by atoms with Crippen molar-refractivity contribution in [2.24, 2.45) is 0 Å². The maximum absolute atomic E-state index is 13.3. The Morgan fingerprint density at radius 2 is 1.22 bits per heavy atom. The van der Waals surface area contributed by atoms with Crippen LogP contribution in [0.2, 0.25) is 0 Å². The van der Waals surface area contributed by atoms with Gasteiger partial charge in [0, 0.05) is 24.2 Å². The van der Waals surface area contributed by atoms with E-state index in [0.717, 1.165) is 36.8 Å². The summed E-state index contributed by atoms with van der Waals surface area (Å²) in [5.41, 5.74) is 3.23. The van der Waals surface area contributed by atoms with E-state index >= 15 is 0 Å². The van der Waals surface area contributed by atoms with Crippen molar-refractivity contribution < 1.29 is 22.7 Å². The van der Waals surface area contributed by atoms with Crippen molar-refractivity contribution in [1.82, 2.24) is 4.31 Å². The van der Waals surface area contributed by atoms with Crippen LogP contribution >= 0.6 is 0 Å². The Kier molecular flexibility index (Phi) is 8.01. The fourth-order valence-electron chi connectivity index (χ4n) is 4.25. The van der Waals surface area contributed by atoms with Gasteiger partial charge >= 0.3 is 5.97 Å². The first kappa shape index (κ1) is 25.8. The zero-order chi connectivity index (χ0) is 25.7. The number of ether oxygens (including phenoxy) is 1. The van der Waals surface area contributed by atoms with E-state index in [-0.39, 0.29) is 16.2 Å². The van der Waals surface area contributed by atoms with Crippen molar-refractivity contribution in [3.8, 4) is 0 Å². The summed E-state index contributed by atoms with van der Waals surface area (Å²) in [6.45, 7) is 4.88. The lowest BCUT2D eigenvalue weighted by molar-refractivity contribution is 0.0280. The topological polar surface area (TPSA) is 80.8 Å². The predicted octanol–water partition coefficient (Wildman–Crippen LogP) is 5.65. The molecular weight excluding hydrogens is 474 g/mol. The van der Waals surface area contributed by atoms with Crippen LogP contribution in [-0.4, -0.2) is 37.6 Å². The van der Waals surface area contributed by atoms with Gasteiger partial charge in [-0.1, -0.05) is 72.5 Å². The Balaban J connectivity index is 1.56. The highest BCUT2D eigenvalue weighted by molar-refractivity contribution is 7.89. The fraction of sp³-hybridized carbons (Fsp3) is 0.310. The van der Waals surface area contributed by atoms with Crippen LogP contribution in [0.1, 0.15) is 69.2 Å². The molecule has 36 heavy (non-hydrogen) atoms. The summed E-state index contributed by atoms with van der Waals surface area (Å²) < 4.78 is 33.3. The molecule has 0 radical (unpaired) electrons. The lowest BCUT2D eigenvalue weighted by Crippen LogP contribution is -2.31. The molecule has 0 bridgehead atoms. The standard InChI is InChI=1S/C29H31NO5S/c1-21-7-11-23(12-8-21)27(31)28(24-13-9-22(2)10-14-24)35-29(32)25-15-17-26(18-16-25)36(33,34)30-19-5-3-4-6-20-30/h7-18,28H,3-6,19-20H2,1-2H3. The number of sulfonamides is 1. The number of esters is 1. The maximum atomic E-state index is 13.3. The molecule has 4 rings (SSSR count). The van der Waals surface area contributed by atoms with Crippen LogP contribution < -0.4 is 0 Å². The van der Waals surface area contributed by atoms with Crippen molar-refractivity contribution in [3.05, 3.63) is 101 Å². The Bertz CT molecular complexity index is 1310. The van der Waals surface area contributed by atoms with Gasteiger partial charge in [0.25, 0.3) is 0 Å². The Morgan fingerprint density at radius 3 is 1.78 bits per heavy atom. The molecule has 0 saturated carbocycles. The summed E-state index contributed by atoms with van der Waals surface area (Å²) >= 11 is 0. The third kappa shape index (κ3) is 5.91. The highest BCUT2D eigenvalue weighted by Crippen LogP contribution is 2.26. The van der Waals surface area contributed by atoms with E-state index in [9.17, 15) is 18.0 Å². The molecule has 0 aromatic heterocycles. The second kappa shape index (κ2) is 11.2. The number of nitrogens with zero attached hydrogens (tertiary/aromatic N) is 1. The lowest BCUT2D eigenvalue weighted by atomic mass is 9.98. The molecule has 7 heteroatoms. The van der Waals surface area contributed by atoms with Gasteiger partial charge in [-0.05, 0) is 51.0 Å². The molecule has 0 aliphatic carbocycles. The lowest BCUT2D eigenvalue weighted by Gasteiger charge is -2.20. The van der Waals surface area contributed by atoms with Crippen molar-refractivity contribution in [1.29, 1.82) is 0 Å². The van der Waals surface area contributed by atoms with Crippen molar-refractivity contribution in [2.75, 3.05) is 13.1 Å². The van der Waals surface area contributed by atoms with Gasteiger partial charge in [-0.25, -0.2) is 13.2 Å². The summed E-state index contributed by atoms with van der Waals surface area (Å²) in [6.07, 6.45) is 2.62. The first-order valence-electron chi connectivity index (χ1n) is 12.2. The molecule has 0 N–H and O–H groups in total. The average molecular weight is 506 g/mol. The van der Waals surface area contributed by atoms with E-state index in [1.807, 2.05) is 38.1 Å². The van der Waals surface area contributed by atoms with E-state index in [0.29, 0.717) is 24.2 Å². The maximum Gasteiger partial charge on any atom is 0.339 e. The molecule has 1 fully saturated rings. The summed E-state index contributed by atoms with van der Waals surface area (Å²) in [6, 6.07) is 20.1. The van der Waals surface area contributed by atoms with Gasteiger partial charge in [0.2, 0.25) is 15.8 Å². The van der Waals surface area contributed by atoms with Crippen LogP contribution in [0, 0.1) is 13.8 Å². The fourth-order valence-corrected chi connectivity index (χ4v) is 5.77. The monoisotopic (exact) mass is 505 g/mol. The second-order valence-corrected chi connectivity index (χ2v) is 11.2. The van der Waals surface area contributed by atoms with E-state index in [1.165, 1.54) is 28.6 Å². The molecule has 3 aromatic carbocycles. The van der Waals surface area contributed by atoms with Crippen LogP contribution in [0.4, 0.5) is 0 Å². The minimum atomic E-state index is -3.62. The van der Waals surface area contributed by atoms with Gasteiger partial charge < -0.3 is 4.74 Å². The highest BCUT2D eigenvalue weighted by Gasteiger charge is 2.28. The van der Waals surface area contributed by atoms with Gasteiger partial charge in [-0.15, -0.1) is 0 Å².